The van der Waals surface area contributed by atoms with Crippen molar-refractivity contribution >= 4 is 44.9 Å². The third-order valence-corrected chi connectivity index (χ3v) is 6.50. The second kappa shape index (κ2) is 8.80. The summed E-state index contributed by atoms with van der Waals surface area (Å²) in [5, 5.41) is 13.5. The van der Waals surface area contributed by atoms with Gasteiger partial charge in [-0.05, 0) is 78.9 Å². The molecular weight excluding hydrogens is 500 g/mol. The van der Waals surface area contributed by atoms with Gasteiger partial charge in [-0.15, -0.1) is 0 Å². The van der Waals surface area contributed by atoms with Crippen LogP contribution in [0.25, 0.3) is 5.69 Å². The van der Waals surface area contributed by atoms with E-state index in [1.807, 2.05) is 71.4 Å². The van der Waals surface area contributed by atoms with Crippen LogP contribution in [0.15, 0.2) is 95.7 Å². The smallest absolute Gasteiger partial charge is 0.335 e. The fourth-order valence-corrected chi connectivity index (χ4v) is 4.80. The van der Waals surface area contributed by atoms with E-state index in [9.17, 15) is 9.90 Å². The van der Waals surface area contributed by atoms with E-state index in [2.05, 4.69) is 31.1 Å². The predicted molar refractivity (Wildman–Crippen MR) is 135 cm³/mol. The second-order valence-corrected chi connectivity index (χ2v) is 8.93. The van der Waals surface area contributed by atoms with Crippen LogP contribution in [0.2, 0.25) is 0 Å². The van der Waals surface area contributed by atoms with Gasteiger partial charge in [0.25, 0.3) is 0 Å². The molecule has 2 atom stereocenters. The van der Waals surface area contributed by atoms with Gasteiger partial charge in [0, 0.05) is 33.9 Å². The highest BCUT2D eigenvalue weighted by molar-refractivity contribution is 9.10. The number of carboxylic acids is 1. The molecule has 1 saturated heterocycles. The zero-order valence-electron chi connectivity index (χ0n) is 17.3. The Balaban J connectivity index is 1.66. The molecule has 0 spiro atoms. The van der Waals surface area contributed by atoms with Crippen LogP contribution < -0.4 is 10.2 Å². The molecule has 33 heavy (non-hydrogen) atoms. The summed E-state index contributed by atoms with van der Waals surface area (Å²) < 4.78 is 2.99. The first-order valence-corrected chi connectivity index (χ1v) is 11.5. The second-order valence-electron chi connectivity index (χ2n) is 7.63. The number of nitrogens with zero attached hydrogens (tertiary/aromatic N) is 3. The van der Waals surface area contributed by atoms with E-state index < -0.39 is 5.97 Å². The van der Waals surface area contributed by atoms with Crippen LogP contribution in [-0.4, -0.2) is 25.7 Å². The summed E-state index contributed by atoms with van der Waals surface area (Å²) in [5.41, 5.74) is 3.78. The number of carboxylic acid groups (broad SMARTS) is 1. The Morgan fingerprint density at radius 2 is 1.82 bits per heavy atom. The molecule has 1 aliphatic heterocycles. The molecule has 1 fully saturated rings. The first-order valence-electron chi connectivity index (χ1n) is 10.3. The highest BCUT2D eigenvalue weighted by Crippen LogP contribution is 2.42. The minimum Gasteiger partial charge on any atom is -0.478 e. The molecule has 2 aromatic carbocycles. The third kappa shape index (κ3) is 4.03. The monoisotopic (exact) mass is 518 g/mol. The van der Waals surface area contributed by atoms with Crippen molar-refractivity contribution in [3.63, 3.8) is 0 Å². The van der Waals surface area contributed by atoms with Crippen LogP contribution in [0.5, 0.6) is 0 Å². The largest absolute Gasteiger partial charge is 0.478 e. The van der Waals surface area contributed by atoms with E-state index in [0.717, 1.165) is 27.2 Å². The molecule has 2 aromatic heterocycles. The zero-order valence-corrected chi connectivity index (χ0v) is 19.7. The van der Waals surface area contributed by atoms with Gasteiger partial charge in [0.15, 0.2) is 5.11 Å². The number of halogens is 1. The van der Waals surface area contributed by atoms with Crippen LogP contribution in [-0.2, 0) is 0 Å². The number of pyridine rings is 1. The molecular formula is C25H19BrN4O2S. The molecule has 2 unspecified atom stereocenters. The number of anilines is 1. The van der Waals surface area contributed by atoms with Crippen LogP contribution in [0, 0.1) is 0 Å². The van der Waals surface area contributed by atoms with Gasteiger partial charge in [-0.1, -0.05) is 28.1 Å². The minimum absolute atomic E-state index is 0.196. The quantitative estimate of drug-likeness (QED) is 0.339. The van der Waals surface area contributed by atoms with Crippen LogP contribution in [0.1, 0.15) is 33.8 Å². The average molecular weight is 519 g/mol. The first-order chi connectivity index (χ1) is 16.0. The van der Waals surface area contributed by atoms with Gasteiger partial charge in [-0.3, -0.25) is 4.98 Å². The first kappa shape index (κ1) is 21.4. The Kier molecular flexibility index (Phi) is 5.70. The van der Waals surface area contributed by atoms with Gasteiger partial charge in [-0.25, -0.2) is 4.79 Å². The van der Waals surface area contributed by atoms with E-state index in [1.165, 1.54) is 0 Å². The van der Waals surface area contributed by atoms with Crippen molar-refractivity contribution < 1.29 is 9.90 Å². The number of nitrogens with one attached hydrogen (secondary N) is 1. The number of rotatable bonds is 5. The van der Waals surface area contributed by atoms with Gasteiger partial charge < -0.3 is 19.9 Å². The topological polar surface area (TPSA) is 70.4 Å². The van der Waals surface area contributed by atoms with Crippen molar-refractivity contribution in [1.29, 1.82) is 0 Å². The molecule has 6 nitrogen and oxygen atoms in total. The number of hydrogen-bond donors (Lipinski definition) is 2. The summed E-state index contributed by atoms with van der Waals surface area (Å²) >= 11 is 9.29. The Bertz CT molecular complexity index is 1320. The van der Waals surface area contributed by atoms with E-state index in [1.54, 1.807) is 24.4 Å². The number of hydrogen-bond acceptors (Lipinski definition) is 3. The van der Waals surface area contributed by atoms with Crippen molar-refractivity contribution in [2.45, 2.75) is 12.1 Å². The van der Waals surface area contributed by atoms with Gasteiger partial charge in [0.2, 0.25) is 0 Å². The van der Waals surface area contributed by atoms with Crippen molar-refractivity contribution in [1.82, 2.24) is 14.9 Å². The SMILES string of the molecule is O=C(O)c1cccc(-n2cccc2C2C(c3ccccn3)NC(=S)N2c2ccc(Br)cc2)c1. The lowest BCUT2D eigenvalue weighted by molar-refractivity contribution is 0.0697. The highest BCUT2D eigenvalue weighted by atomic mass is 79.9. The van der Waals surface area contributed by atoms with E-state index in [-0.39, 0.29) is 17.6 Å². The lowest BCUT2D eigenvalue weighted by Crippen LogP contribution is -2.30. The van der Waals surface area contributed by atoms with Crippen molar-refractivity contribution in [2.75, 3.05) is 4.90 Å². The van der Waals surface area contributed by atoms with Gasteiger partial charge in [0.1, 0.15) is 6.04 Å². The Labute approximate surface area is 204 Å². The number of aromatic nitrogens is 2. The molecule has 164 valence electrons. The van der Waals surface area contributed by atoms with Gasteiger partial charge in [-0.2, -0.15) is 0 Å². The maximum atomic E-state index is 11.6. The molecule has 5 rings (SSSR count). The molecule has 0 saturated carbocycles. The maximum Gasteiger partial charge on any atom is 0.335 e. The molecule has 0 aliphatic carbocycles. The van der Waals surface area contributed by atoms with Crippen molar-refractivity contribution in [2.24, 2.45) is 0 Å². The summed E-state index contributed by atoms with van der Waals surface area (Å²) in [6, 6.07) is 24.3. The molecule has 1 aliphatic rings. The lowest BCUT2D eigenvalue weighted by atomic mass is 10.0. The van der Waals surface area contributed by atoms with E-state index in [0.29, 0.717) is 5.11 Å². The summed E-state index contributed by atoms with van der Waals surface area (Å²) in [5.74, 6) is -0.961. The number of aromatic carboxylic acids is 1. The molecule has 0 bridgehead atoms. The average Bonchev–Trinajstić information content (AvgIpc) is 3.44. The zero-order chi connectivity index (χ0) is 22.9. The number of carbonyl (C=O) groups is 1. The normalized spacial score (nSPS) is 17.7. The van der Waals surface area contributed by atoms with Gasteiger partial charge in [0.05, 0.1) is 17.3 Å². The van der Waals surface area contributed by atoms with Crippen LogP contribution in [0.3, 0.4) is 0 Å². The fraction of sp³-hybridized carbons (Fsp3) is 0.0800. The summed E-state index contributed by atoms with van der Waals surface area (Å²) in [7, 11) is 0. The Morgan fingerprint density at radius 3 is 2.55 bits per heavy atom. The summed E-state index contributed by atoms with van der Waals surface area (Å²) in [6.45, 7) is 0. The van der Waals surface area contributed by atoms with Crippen LogP contribution in [0.4, 0.5) is 5.69 Å². The predicted octanol–water partition coefficient (Wildman–Crippen LogP) is 5.51. The molecule has 4 aromatic rings. The number of benzene rings is 2. The Hall–Kier alpha value is -3.49. The molecule has 0 amide bonds. The summed E-state index contributed by atoms with van der Waals surface area (Å²) in [4.78, 5) is 18.2. The molecule has 8 heteroatoms. The van der Waals surface area contributed by atoms with Crippen molar-refractivity contribution in [3.8, 4) is 5.69 Å². The van der Waals surface area contributed by atoms with Crippen molar-refractivity contribution in [3.05, 3.63) is 113 Å². The molecule has 2 N–H and O–H groups in total. The molecule has 0 radical (unpaired) electrons. The maximum absolute atomic E-state index is 11.6. The standard InChI is InChI=1S/C25H19BrN4O2S/c26-17-9-11-18(12-10-17)30-23(22(28-25(30)33)20-7-1-2-13-27-20)21-8-4-14-29(21)19-6-3-5-16(15-19)24(31)32/h1-15,22-23H,(H,28,33)(H,31,32). The number of thiocarbonyl (C=S) groups is 1. The van der Waals surface area contributed by atoms with Gasteiger partial charge >= 0.3 is 5.97 Å². The Morgan fingerprint density at radius 1 is 1.00 bits per heavy atom. The third-order valence-electron chi connectivity index (χ3n) is 5.66. The fourth-order valence-electron chi connectivity index (χ4n) is 4.19. The molecule has 3 heterocycles. The van der Waals surface area contributed by atoms with E-state index in [4.69, 9.17) is 12.2 Å². The van der Waals surface area contributed by atoms with Crippen LogP contribution >= 0.6 is 28.1 Å². The lowest BCUT2D eigenvalue weighted by Gasteiger charge is -2.29. The summed E-state index contributed by atoms with van der Waals surface area (Å²) in [6.07, 6.45) is 3.71. The highest BCUT2D eigenvalue weighted by Gasteiger charge is 2.42. The van der Waals surface area contributed by atoms with E-state index >= 15 is 0 Å². The minimum atomic E-state index is -0.961.